The van der Waals surface area contributed by atoms with Crippen molar-refractivity contribution in [2.75, 3.05) is 0 Å². The van der Waals surface area contributed by atoms with Crippen LogP contribution in [0.5, 0.6) is 0 Å². The van der Waals surface area contributed by atoms with Crippen molar-refractivity contribution < 1.29 is 0 Å². The molecule has 0 N–H and O–H groups in total. The smallest absolute Gasteiger partial charge is 0.0538 e. The van der Waals surface area contributed by atoms with Gasteiger partial charge in [0.2, 0.25) is 0 Å². The van der Waals surface area contributed by atoms with Gasteiger partial charge in [-0.25, -0.2) is 0 Å². The number of rotatable bonds is 3. The van der Waals surface area contributed by atoms with Crippen LogP contribution in [0.15, 0.2) is 0 Å². The van der Waals surface area contributed by atoms with Crippen molar-refractivity contribution in [2.45, 2.75) is 114 Å². The monoisotopic (exact) mass is 248 g/mol. The van der Waals surface area contributed by atoms with E-state index in [1.807, 2.05) is 13.8 Å². The normalized spacial score (nSPS) is 6.71. The molecule has 0 unspecified atom stereocenters. The molecule has 112 valence electrons. The second-order valence-corrected chi connectivity index (χ2v) is 3.77. The molecule has 0 spiro atoms. The van der Waals surface area contributed by atoms with Crippen molar-refractivity contribution in [1.29, 1.82) is 0 Å². The van der Waals surface area contributed by atoms with Crippen LogP contribution in [-0.2, 0) is 0 Å². The SMILES string of the molecule is CC.CCC.CCC.CCCC.CCCCC. The Bertz CT molecular complexity index is 33.3. The lowest BCUT2D eigenvalue weighted by molar-refractivity contribution is 0.772. The van der Waals surface area contributed by atoms with E-state index < -0.39 is 0 Å². The fourth-order valence-corrected chi connectivity index (χ4v) is 0.354. The van der Waals surface area contributed by atoms with Crippen molar-refractivity contribution in [1.82, 2.24) is 0 Å². The summed E-state index contributed by atoms with van der Waals surface area (Å²) in [7, 11) is 0. The summed E-state index contributed by atoms with van der Waals surface area (Å²) < 4.78 is 0. The maximum Gasteiger partial charge on any atom is -0.0538 e. The van der Waals surface area contributed by atoms with E-state index in [2.05, 4.69) is 55.4 Å². The van der Waals surface area contributed by atoms with Crippen molar-refractivity contribution >= 4 is 0 Å². The Kier molecular flexibility index (Phi) is 131. The minimum atomic E-state index is 1.25. The third-order valence-corrected chi connectivity index (χ3v) is 1.21. The Morgan fingerprint density at radius 2 is 0.588 bits per heavy atom. The highest BCUT2D eigenvalue weighted by molar-refractivity contribution is 4.24. The van der Waals surface area contributed by atoms with Crippen LogP contribution in [0.25, 0.3) is 0 Å². The van der Waals surface area contributed by atoms with Crippen LogP contribution in [0.4, 0.5) is 0 Å². The number of unbranched alkanes of at least 4 members (excludes halogenated alkanes) is 3. The van der Waals surface area contributed by atoms with Gasteiger partial charge in [-0.1, -0.05) is 114 Å². The molecule has 0 rings (SSSR count). The van der Waals surface area contributed by atoms with E-state index in [1.165, 1.54) is 44.9 Å². The molecule has 0 fully saturated rings. The summed E-state index contributed by atoms with van der Waals surface area (Å²) >= 11 is 0. The first-order valence-electron chi connectivity index (χ1n) is 8.16. The Morgan fingerprint density at radius 3 is 0.588 bits per heavy atom. The minimum absolute atomic E-state index is 1.25. The van der Waals surface area contributed by atoms with Gasteiger partial charge in [0, 0.05) is 0 Å². The predicted molar refractivity (Wildman–Crippen MR) is 89.1 cm³/mol. The van der Waals surface area contributed by atoms with E-state index in [4.69, 9.17) is 0 Å². The van der Waals surface area contributed by atoms with Gasteiger partial charge in [-0.3, -0.25) is 0 Å². The number of hydrogen-bond donors (Lipinski definition) is 0. The molecule has 0 heteroatoms. The van der Waals surface area contributed by atoms with E-state index >= 15 is 0 Å². The molecular weight excluding hydrogens is 204 g/mol. The second-order valence-electron chi connectivity index (χ2n) is 3.77. The van der Waals surface area contributed by atoms with Gasteiger partial charge in [0.05, 0.1) is 0 Å². The fourth-order valence-electron chi connectivity index (χ4n) is 0.354. The molecule has 0 saturated heterocycles. The van der Waals surface area contributed by atoms with E-state index in [1.54, 1.807) is 0 Å². The Hall–Kier alpha value is 0. The van der Waals surface area contributed by atoms with E-state index in [0.29, 0.717) is 0 Å². The van der Waals surface area contributed by atoms with Gasteiger partial charge >= 0.3 is 0 Å². The summed E-state index contributed by atoms with van der Waals surface area (Å²) in [6.07, 6.45) is 9.22. The van der Waals surface area contributed by atoms with Crippen LogP contribution < -0.4 is 0 Å². The summed E-state index contributed by atoms with van der Waals surface area (Å²) in [5.74, 6) is 0. The third kappa shape index (κ3) is 348. The molecule has 17 heavy (non-hydrogen) atoms. The van der Waals surface area contributed by atoms with Gasteiger partial charge in [-0.15, -0.1) is 0 Å². The predicted octanol–water partition coefficient (Wildman–Crippen LogP) is 7.86. The van der Waals surface area contributed by atoms with Gasteiger partial charge in [0.1, 0.15) is 0 Å². The van der Waals surface area contributed by atoms with Gasteiger partial charge < -0.3 is 0 Å². The lowest BCUT2D eigenvalue weighted by atomic mass is 10.3. The van der Waals surface area contributed by atoms with E-state index in [9.17, 15) is 0 Å². The molecule has 0 bridgehead atoms. The summed E-state index contributed by atoms with van der Waals surface area (Å²) in [4.78, 5) is 0. The largest absolute Gasteiger partial charge is 0.0683 e. The molecule has 0 atom stereocenters. The minimum Gasteiger partial charge on any atom is -0.0683 e. The highest BCUT2D eigenvalue weighted by Gasteiger charge is 1.68. The average molecular weight is 249 g/mol. The number of hydrogen-bond acceptors (Lipinski definition) is 0. The molecule has 0 aromatic rings. The van der Waals surface area contributed by atoms with E-state index in [-0.39, 0.29) is 0 Å². The Morgan fingerprint density at radius 1 is 0.412 bits per heavy atom. The molecular formula is C17H44. The first kappa shape index (κ1) is 30.2. The summed E-state index contributed by atoms with van der Waals surface area (Å²) in [5, 5.41) is 0. The molecule has 0 aliphatic carbocycles. The molecule has 0 aromatic carbocycles. The van der Waals surface area contributed by atoms with Crippen LogP contribution in [0.1, 0.15) is 114 Å². The molecule has 0 radical (unpaired) electrons. The van der Waals surface area contributed by atoms with Crippen molar-refractivity contribution in [3.8, 4) is 0 Å². The topological polar surface area (TPSA) is 0 Å². The van der Waals surface area contributed by atoms with Crippen LogP contribution >= 0.6 is 0 Å². The fraction of sp³-hybridized carbons (Fsp3) is 1.00. The third-order valence-electron chi connectivity index (χ3n) is 1.21. The molecule has 0 aromatic heterocycles. The first-order valence-corrected chi connectivity index (χ1v) is 8.16. The first-order chi connectivity index (χ1) is 8.16. The van der Waals surface area contributed by atoms with Crippen LogP contribution in [-0.4, -0.2) is 0 Å². The zero-order chi connectivity index (χ0) is 14.9. The highest BCUT2D eigenvalue weighted by atomic mass is 13.7. The second kappa shape index (κ2) is 73.5. The van der Waals surface area contributed by atoms with Crippen LogP contribution in [0.2, 0.25) is 0 Å². The highest BCUT2D eigenvalue weighted by Crippen LogP contribution is 1.88. The van der Waals surface area contributed by atoms with E-state index in [0.717, 1.165) is 0 Å². The summed E-state index contributed by atoms with van der Waals surface area (Å²) in [6, 6.07) is 0. The average Bonchev–Trinajstić information content (AvgIpc) is 2.35. The quantitative estimate of drug-likeness (QED) is 0.477. The van der Waals surface area contributed by atoms with Crippen molar-refractivity contribution in [2.24, 2.45) is 0 Å². The molecule has 0 amide bonds. The van der Waals surface area contributed by atoms with Gasteiger partial charge in [-0.2, -0.15) is 0 Å². The standard InChI is InChI=1S/C5H12.C4H10.2C3H8.C2H6/c1-3-5-4-2;1-3-4-2;2*1-3-2;1-2/h3-5H2,1-2H3;3-4H2,1-2H3;2*3H2,1-2H3;1-2H3. The maximum atomic E-state index is 2.21. The summed E-state index contributed by atoms with van der Waals surface area (Å²) in [6.45, 7) is 21.3. The Labute approximate surface area is 115 Å². The Balaban J connectivity index is -0.0000000367. The lowest BCUT2D eigenvalue weighted by Crippen LogP contribution is -1.59. The molecule has 0 nitrogen and oxygen atoms in total. The zero-order valence-corrected chi connectivity index (χ0v) is 14.9. The molecule has 0 aliphatic rings. The van der Waals surface area contributed by atoms with Crippen LogP contribution in [0.3, 0.4) is 0 Å². The zero-order valence-electron chi connectivity index (χ0n) is 14.9. The maximum absolute atomic E-state index is 2.21. The van der Waals surface area contributed by atoms with Crippen molar-refractivity contribution in [3.05, 3.63) is 0 Å². The van der Waals surface area contributed by atoms with Gasteiger partial charge in [0.25, 0.3) is 0 Å². The van der Waals surface area contributed by atoms with Crippen LogP contribution in [0, 0.1) is 0 Å². The summed E-state index contributed by atoms with van der Waals surface area (Å²) in [5.41, 5.74) is 0. The molecule has 0 saturated carbocycles. The van der Waals surface area contributed by atoms with Crippen molar-refractivity contribution in [3.63, 3.8) is 0 Å². The van der Waals surface area contributed by atoms with Gasteiger partial charge in [-0.05, 0) is 0 Å². The lowest BCUT2D eigenvalue weighted by Gasteiger charge is -1.79. The van der Waals surface area contributed by atoms with Gasteiger partial charge in [0.15, 0.2) is 0 Å². The molecule has 0 aliphatic heterocycles. The molecule has 0 heterocycles.